The summed E-state index contributed by atoms with van der Waals surface area (Å²) in [6.07, 6.45) is 5.25. The molecule has 1 aliphatic heterocycles. The molecule has 3 rings (SSSR count). The Morgan fingerprint density at radius 3 is 2.70 bits per heavy atom. The summed E-state index contributed by atoms with van der Waals surface area (Å²) >= 11 is 0. The SMILES string of the molecule is Cc1cc(C[C@@H](C)NC2CCC3(CC2)OCCO3)n[nH]1. The van der Waals surface area contributed by atoms with Crippen LogP contribution in [0.5, 0.6) is 0 Å². The standard InChI is InChI=1S/C15H25N3O2/c1-11(9-14-10-12(2)17-18-14)16-13-3-5-15(6-4-13)19-7-8-20-15/h10-11,13,16H,3-9H2,1-2H3,(H,17,18)/t11-/m1/s1. The third-order valence-corrected chi connectivity index (χ3v) is 4.36. The Bertz CT molecular complexity index is 430. The molecule has 5 nitrogen and oxygen atoms in total. The van der Waals surface area contributed by atoms with Gasteiger partial charge in [-0.1, -0.05) is 0 Å². The van der Waals surface area contributed by atoms with Crippen LogP contribution in [0.15, 0.2) is 6.07 Å². The van der Waals surface area contributed by atoms with Crippen molar-refractivity contribution < 1.29 is 9.47 Å². The van der Waals surface area contributed by atoms with Crippen molar-refractivity contribution >= 4 is 0 Å². The number of aromatic amines is 1. The maximum atomic E-state index is 5.77. The Morgan fingerprint density at radius 1 is 1.40 bits per heavy atom. The molecule has 20 heavy (non-hydrogen) atoms. The Labute approximate surface area is 120 Å². The van der Waals surface area contributed by atoms with Gasteiger partial charge >= 0.3 is 0 Å². The Morgan fingerprint density at radius 2 is 2.10 bits per heavy atom. The van der Waals surface area contributed by atoms with E-state index in [2.05, 4.69) is 28.5 Å². The average Bonchev–Trinajstić information content (AvgIpc) is 3.03. The van der Waals surface area contributed by atoms with Crippen LogP contribution in [0, 0.1) is 6.92 Å². The van der Waals surface area contributed by atoms with E-state index >= 15 is 0 Å². The van der Waals surface area contributed by atoms with Gasteiger partial charge in [0.1, 0.15) is 0 Å². The van der Waals surface area contributed by atoms with Crippen LogP contribution in [0.4, 0.5) is 0 Å². The minimum absolute atomic E-state index is 0.249. The zero-order chi connectivity index (χ0) is 14.0. The minimum Gasteiger partial charge on any atom is -0.348 e. The molecule has 1 saturated heterocycles. The van der Waals surface area contributed by atoms with Gasteiger partial charge in [0, 0.05) is 37.0 Å². The van der Waals surface area contributed by atoms with Gasteiger partial charge in [0.2, 0.25) is 0 Å². The first kappa shape index (κ1) is 14.0. The van der Waals surface area contributed by atoms with Crippen LogP contribution < -0.4 is 5.32 Å². The van der Waals surface area contributed by atoms with Crippen molar-refractivity contribution in [3.05, 3.63) is 17.5 Å². The number of rotatable bonds is 4. The van der Waals surface area contributed by atoms with Crippen molar-refractivity contribution in [2.24, 2.45) is 0 Å². The Kier molecular flexibility index (Phi) is 4.10. The zero-order valence-corrected chi connectivity index (χ0v) is 12.4. The number of nitrogens with one attached hydrogen (secondary N) is 2. The molecule has 1 aromatic rings. The fourth-order valence-corrected chi connectivity index (χ4v) is 3.36. The molecule has 2 N–H and O–H groups in total. The maximum absolute atomic E-state index is 5.77. The van der Waals surface area contributed by atoms with Crippen LogP contribution in [0.3, 0.4) is 0 Å². The van der Waals surface area contributed by atoms with E-state index in [1.54, 1.807) is 0 Å². The fourth-order valence-electron chi connectivity index (χ4n) is 3.36. The van der Waals surface area contributed by atoms with E-state index in [1.165, 1.54) is 0 Å². The molecule has 0 aromatic carbocycles. The molecule has 2 heterocycles. The number of H-pyrrole nitrogens is 1. The van der Waals surface area contributed by atoms with Crippen LogP contribution >= 0.6 is 0 Å². The molecule has 0 unspecified atom stereocenters. The molecule has 0 amide bonds. The van der Waals surface area contributed by atoms with Gasteiger partial charge < -0.3 is 14.8 Å². The summed E-state index contributed by atoms with van der Waals surface area (Å²) in [5, 5.41) is 11.0. The molecule has 1 saturated carbocycles. The van der Waals surface area contributed by atoms with Gasteiger partial charge in [-0.25, -0.2) is 0 Å². The quantitative estimate of drug-likeness (QED) is 0.884. The zero-order valence-electron chi connectivity index (χ0n) is 12.4. The van der Waals surface area contributed by atoms with Gasteiger partial charge in [0.25, 0.3) is 0 Å². The predicted octanol–water partition coefficient (Wildman–Crippen LogP) is 1.92. The van der Waals surface area contributed by atoms with Gasteiger partial charge in [-0.2, -0.15) is 5.10 Å². The summed E-state index contributed by atoms with van der Waals surface area (Å²) in [4.78, 5) is 0. The largest absolute Gasteiger partial charge is 0.348 e. The maximum Gasteiger partial charge on any atom is 0.168 e. The van der Waals surface area contributed by atoms with Crippen molar-refractivity contribution in [1.29, 1.82) is 0 Å². The number of nitrogens with zero attached hydrogens (tertiary/aromatic N) is 1. The molecule has 1 aromatic heterocycles. The van der Waals surface area contributed by atoms with E-state index in [-0.39, 0.29) is 5.79 Å². The first-order valence-electron chi connectivity index (χ1n) is 7.70. The second-order valence-electron chi connectivity index (χ2n) is 6.20. The van der Waals surface area contributed by atoms with Gasteiger partial charge in [-0.3, -0.25) is 5.10 Å². The lowest BCUT2D eigenvalue weighted by atomic mass is 9.89. The fraction of sp³-hybridized carbons (Fsp3) is 0.800. The van der Waals surface area contributed by atoms with Crippen molar-refractivity contribution in [1.82, 2.24) is 15.5 Å². The summed E-state index contributed by atoms with van der Waals surface area (Å²) in [5.74, 6) is -0.249. The highest BCUT2D eigenvalue weighted by Crippen LogP contribution is 2.35. The lowest BCUT2D eigenvalue weighted by Crippen LogP contribution is -2.45. The van der Waals surface area contributed by atoms with E-state index in [9.17, 15) is 0 Å². The van der Waals surface area contributed by atoms with E-state index in [0.717, 1.165) is 56.7 Å². The molecular weight excluding hydrogens is 254 g/mol. The minimum atomic E-state index is -0.249. The summed E-state index contributed by atoms with van der Waals surface area (Å²) in [7, 11) is 0. The third-order valence-electron chi connectivity index (χ3n) is 4.36. The van der Waals surface area contributed by atoms with E-state index in [4.69, 9.17) is 9.47 Å². The van der Waals surface area contributed by atoms with Crippen LogP contribution in [-0.4, -0.2) is 41.3 Å². The molecule has 1 spiro atoms. The second-order valence-corrected chi connectivity index (χ2v) is 6.20. The molecule has 112 valence electrons. The first-order chi connectivity index (χ1) is 9.65. The van der Waals surface area contributed by atoms with Gasteiger partial charge in [-0.05, 0) is 32.8 Å². The van der Waals surface area contributed by atoms with E-state index in [1.807, 2.05) is 6.92 Å². The highest BCUT2D eigenvalue weighted by atomic mass is 16.7. The number of aromatic nitrogens is 2. The van der Waals surface area contributed by atoms with Crippen molar-refractivity contribution in [2.45, 2.75) is 63.8 Å². The molecule has 0 radical (unpaired) electrons. The number of hydrogen-bond acceptors (Lipinski definition) is 4. The number of aryl methyl sites for hydroxylation is 1. The molecule has 2 fully saturated rings. The Balaban J connectivity index is 1.44. The molecule has 0 bridgehead atoms. The Hall–Kier alpha value is -0.910. The smallest absolute Gasteiger partial charge is 0.168 e. The second kappa shape index (κ2) is 5.84. The highest BCUT2D eigenvalue weighted by molar-refractivity contribution is 5.08. The van der Waals surface area contributed by atoms with Crippen LogP contribution in [-0.2, 0) is 15.9 Å². The third kappa shape index (κ3) is 3.22. The normalized spacial score (nSPS) is 24.3. The van der Waals surface area contributed by atoms with Crippen molar-refractivity contribution in [3.63, 3.8) is 0 Å². The monoisotopic (exact) mass is 279 g/mol. The van der Waals surface area contributed by atoms with Crippen LogP contribution in [0.2, 0.25) is 0 Å². The van der Waals surface area contributed by atoms with Crippen LogP contribution in [0.1, 0.15) is 44.0 Å². The average molecular weight is 279 g/mol. The predicted molar refractivity (Wildman–Crippen MR) is 76.5 cm³/mol. The lowest BCUT2D eigenvalue weighted by Gasteiger charge is -2.36. The lowest BCUT2D eigenvalue weighted by molar-refractivity contribution is -0.179. The molecule has 5 heteroatoms. The summed E-state index contributed by atoms with van der Waals surface area (Å²) in [5.41, 5.74) is 2.26. The number of hydrogen-bond donors (Lipinski definition) is 2. The topological polar surface area (TPSA) is 59.2 Å². The van der Waals surface area contributed by atoms with Crippen molar-refractivity contribution in [2.75, 3.05) is 13.2 Å². The first-order valence-corrected chi connectivity index (χ1v) is 7.70. The summed E-state index contributed by atoms with van der Waals surface area (Å²) in [6, 6.07) is 3.14. The van der Waals surface area contributed by atoms with Gasteiger partial charge in [0.05, 0.1) is 18.9 Å². The van der Waals surface area contributed by atoms with E-state index in [0.29, 0.717) is 12.1 Å². The molecule has 1 atom stereocenters. The van der Waals surface area contributed by atoms with E-state index < -0.39 is 0 Å². The molecular formula is C15H25N3O2. The molecule has 2 aliphatic rings. The summed E-state index contributed by atoms with van der Waals surface area (Å²) in [6.45, 7) is 5.79. The van der Waals surface area contributed by atoms with Gasteiger partial charge in [0.15, 0.2) is 5.79 Å². The van der Waals surface area contributed by atoms with Crippen LogP contribution in [0.25, 0.3) is 0 Å². The highest BCUT2D eigenvalue weighted by Gasteiger charge is 2.40. The number of ether oxygens (including phenoxy) is 2. The van der Waals surface area contributed by atoms with Crippen molar-refractivity contribution in [3.8, 4) is 0 Å². The van der Waals surface area contributed by atoms with Gasteiger partial charge in [-0.15, -0.1) is 0 Å². The summed E-state index contributed by atoms with van der Waals surface area (Å²) < 4.78 is 11.5. The molecule has 1 aliphatic carbocycles.